The van der Waals surface area contributed by atoms with Crippen LogP contribution < -0.4 is 5.32 Å². The van der Waals surface area contributed by atoms with Gasteiger partial charge in [0.25, 0.3) is 0 Å². The van der Waals surface area contributed by atoms with Crippen LogP contribution in [0.25, 0.3) is 0 Å². The zero-order valence-corrected chi connectivity index (χ0v) is 12.8. The third-order valence-electron chi connectivity index (χ3n) is 3.47. The van der Waals surface area contributed by atoms with Crippen LogP contribution >= 0.6 is 11.8 Å². The van der Waals surface area contributed by atoms with E-state index in [-0.39, 0.29) is 18.3 Å². The molecule has 0 heterocycles. The average Bonchev–Trinajstić information content (AvgIpc) is 2.47. The Labute approximate surface area is 124 Å². The smallest absolute Gasteiger partial charge is 0.221 e. The molecule has 112 valence electrons. The van der Waals surface area contributed by atoms with Crippen molar-refractivity contribution >= 4 is 17.7 Å². The van der Waals surface area contributed by atoms with Crippen molar-refractivity contribution in [2.75, 3.05) is 12.4 Å². The zero-order valence-electron chi connectivity index (χ0n) is 12.0. The Morgan fingerprint density at radius 1 is 1.30 bits per heavy atom. The van der Waals surface area contributed by atoms with Gasteiger partial charge in [-0.15, -0.1) is 11.8 Å². The molecule has 20 heavy (non-hydrogen) atoms. The number of aliphatic hydroxyl groups is 1. The second-order valence-corrected chi connectivity index (χ2v) is 5.91. The molecular formula is C15H22FNO2S. The first-order valence-electron chi connectivity index (χ1n) is 6.85. The molecule has 2 N–H and O–H groups in total. The maximum Gasteiger partial charge on any atom is 0.221 e. The monoisotopic (exact) mass is 299 g/mol. The summed E-state index contributed by atoms with van der Waals surface area (Å²) in [6.45, 7) is 3.86. The molecule has 0 unspecified atom stereocenters. The second kappa shape index (κ2) is 8.27. The molecule has 1 aromatic rings. The van der Waals surface area contributed by atoms with E-state index in [1.807, 2.05) is 13.8 Å². The fraction of sp³-hybridized carbons (Fsp3) is 0.533. The maximum atomic E-state index is 12.7. The highest BCUT2D eigenvalue weighted by molar-refractivity contribution is 7.99. The standard InChI is InChI=1S/C15H22FNO2S/c1-3-15(4-2,11-18)17-14(19)9-10-20-13-7-5-12(16)6-8-13/h5-8,18H,3-4,9-11H2,1-2H3,(H,17,19). The third kappa shape index (κ3) is 5.13. The van der Waals surface area contributed by atoms with Gasteiger partial charge in [0.1, 0.15) is 5.82 Å². The van der Waals surface area contributed by atoms with Crippen LogP contribution in [0.3, 0.4) is 0 Å². The van der Waals surface area contributed by atoms with Crippen molar-refractivity contribution in [3.8, 4) is 0 Å². The Bertz CT molecular complexity index is 410. The van der Waals surface area contributed by atoms with Crippen molar-refractivity contribution in [3.63, 3.8) is 0 Å². The maximum absolute atomic E-state index is 12.7. The van der Waals surface area contributed by atoms with Gasteiger partial charge in [-0.2, -0.15) is 0 Å². The lowest BCUT2D eigenvalue weighted by molar-refractivity contribution is -0.123. The van der Waals surface area contributed by atoms with Crippen molar-refractivity contribution < 1.29 is 14.3 Å². The van der Waals surface area contributed by atoms with E-state index in [4.69, 9.17) is 0 Å². The fourth-order valence-electron chi connectivity index (χ4n) is 1.84. The molecule has 0 saturated heterocycles. The van der Waals surface area contributed by atoms with E-state index in [1.165, 1.54) is 23.9 Å². The summed E-state index contributed by atoms with van der Waals surface area (Å²) in [6, 6.07) is 6.22. The molecule has 0 aliphatic carbocycles. The number of carbonyl (C=O) groups is 1. The molecule has 1 amide bonds. The lowest BCUT2D eigenvalue weighted by atomic mass is 9.94. The number of nitrogens with one attached hydrogen (secondary N) is 1. The highest BCUT2D eigenvalue weighted by Gasteiger charge is 2.26. The van der Waals surface area contributed by atoms with Crippen LogP contribution in [0.1, 0.15) is 33.1 Å². The SMILES string of the molecule is CCC(CC)(CO)NC(=O)CCSc1ccc(F)cc1. The van der Waals surface area contributed by atoms with Gasteiger partial charge in [0.15, 0.2) is 0 Å². The Morgan fingerprint density at radius 3 is 2.40 bits per heavy atom. The van der Waals surface area contributed by atoms with Crippen molar-refractivity contribution in [3.05, 3.63) is 30.1 Å². The molecular weight excluding hydrogens is 277 g/mol. The summed E-state index contributed by atoms with van der Waals surface area (Å²) < 4.78 is 12.7. The number of thioether (sulfide) groups is 1. The quantitative estimate of drug-likeness (QED) is 0.726. The van der Waals surface area contributed by atoms with Gasteiger partial charge in [-0.3, -0.25) is 4.79 Å². The predicted octanol–water partition coefficient (Wildman–Crippen LogP) is 2.98. The van der Waals surface area contributed by atoms with Crippen LogP contribution in [0.15, 0.2) is 29.2 Å². The first-order valence-corrected chi connectivity index (χ1v) is 7.84. The summed E-state index contributed by atoms with van der Waals surface area (Å²) >= 11 is 1.52. The number of amides is 1. The summed E-state index contributed by atoms with van der Waals surface area (Å²) in [4.78, 5) is 12.8. The topological polar surface area (TPSA) is 49.3 Å². The molecule has 1 rings (SSSR count). The average molecular weight is 299 g/mol. The van der Waals surface area contributed by atoms with Gasteiger partial charge in [0, 0.05) is 17.1 Å². The molecule has 1 aromatic carbocycles. The number of aliphatic hydroxyl groups excluding tert-OH is 1. The van der Waals surface area contributed by atoms with Crippen LogP contribution in [0, 0.1) is 5.82 Å². The van der Waals surface area contributed by atoms with Gasteiger partial charge in [-0.1, -0.05) is 13.8 Å². The van der Waals surface area contributed by atoms with Crippen molar-refractivity contribution in [1.29, 1.82) is 0 Å². The number of rotatable bonds is 8. The van der Waals surface area contributed by atoms with Crippen LogP contribution in [0.5, 0.6) is 0 Å². The van der Waals surface area contributed by atoms with Gasteiger partial charge < -0.3 is 10.4 Å². The van der Waals surface area contributed by atoms with Crippen LogP contribution in [0.4, 0.5) is 4.39 Å². The molecule has 5 heteroatoms. The minimum atomic E-state index is -0.502. The highest BCUT2D eigenvalue weighted by atomic mass is 32.2. The van der Waals surface area contributed by atoms with Crippen molar-refractivity contribution in [2.45, 2.75) is 43.5 Å². The summed E-state index contributed by atoms with van der Waals surface area (Å²) in [6.07, 6.45) is 1.79. The van der Waals surface area contributed by atoms with Crippen LogP contribution in [-0.4, -0.2) is 28.9 Å². The molecule has 0 saturated carbocycles. The van der Waals surface area contributed by atoms with Gasteiger partial charge in [0.2, 0.25) is 5.91 Å². The minimum absolute atomic E-state index is 0.0448. The second-order valence-electron chi connectivity index (χ2n) is 4.75. The Morgan fingerprint density at radius 2 is 1.90 bits per heavy atom. The Kier molecular flexibility index (Phi) is 7.02. The molecule has 0 atom stereocenters. The molecule has 3 nitrogen and oxygen atoms in total. The molecule has 0 bridgehead atoms. The van der Waals surface area contributed by atoms with Crippen LogP contribution in [0.2, 0.25) is 0 Å². The lowest BCUT2D eigenvalue weighted by Crippen LogP contribution is -2.50. The largest absolute Gasteiger partial charge is 0.394 e. The number of hydrogen-bond donors (Lipinski definition) is 2. The summed E-state index contributed by atoms with van der Waals surface area (Å²) in [7, 11) is 0. The van der Waals surface area contributed by atoms with Gasteiger partial charge in [-0.05, 0) is 37.1 Å². The van der Waals surface area contributed by atoms with E-state index in [0.717, 1.165) is 4.90 Å². The lowest BCUT2D eigenvalue weighted by Gasteiger charge is -2.30. The molecule has 0 aromatic heterocycles. The molecule has 0 radical (unpaired) electrons. The Balaban J connectivity index is 2.38. The van der Waals surface area contributed by atoms with E-state index >= 15 is 0 Å². The normalized spacial score (nSPS) is 11.4. The summed E-state index contributed by atoms with van der Waals surface area (Å²) in [5.41, 5.74) is -0.502. The molecule has 0 aliphatic heterocycles. The highest BCUT2D eigenvalue weighted by Crippen LogP contribution is 2.19. The summed E-state index contributed by atoms with van der Waals surface area (Å²) in [5.74, 6) is 0.315. The minimum Gasteiger partial charge on any atom is -0.394 e. The van der Waals surface area contributed by atoms with E-state index < -0.39 is 5.54 Å². The van der Waals surface area contributed by atoms with Crippen LogP contribution in [-0.2, 0) is 4.79 Å². The van der Waals surface area contributed by atoms with Crippen molar-refractivity contribution in [1.82, 2.24) is 5.32 Å². The first-order chi connectivity index (χ1) is 9.55. The van der Waals surface area contributed by atoms with E-state index in [0.29, 0.717) is 25.0 Å². The number of benzene rings is 1. The number of hydrogen-bond acceptors (Lipinski definition) is 3. The first kappa shape index (κ1) is 17.0. The molecule has 0 fully saturated rings. The van der Waals surface area contributed by atoms with Gasteiger partial charge in [0.05, 0.1) is 12.1 Å². The third-order valence-corrected chi connectivity index (χ3v) is 4.49. The Hall–Kier alpha value is -1.07. The van der Waals surface area contributed by atoms with E-state index in [1.54, 1.807) is 12.1 Å². The van der Waals surface area contributed by atoms with E-state index in [9.17, 15) is 14.3 Å². The fourth-order valence-corrected chi connectivity index (χ4v) is 2.69. The number of halogens is 1. The summed E-state index contributed by atoms with van der Waals surface area (Å²) in [5, 5.41) is 12.3. The molecule has 0 aliphatic rings. The zero-order chi connectivity index (χ0) is 15.0. The van der Waals surface area contributed by atoms with Gasteiger partial charge in [-0.25, -0.2) is 4.39 Å². The van der Waals surface area contributed by atoms with Gasteiger partial charge >= 0.3 is 0 Å². The number of carbonyl (C=O) groups excluding carboxylic acids is 1. The predicted molar refractivity (Wildman–Crippen MR) is 80.3 cm³/mol. The van der Waals surface area contributed by atoms with E-state index in [2.05, 4.69) is 5.32 Å². The molecule has 0 spiro atoms. The van der Waals surface area contributed by atoms with Crippen molar-refractivity contribution in [2.24, 2.45) is 0 Å².